The van der Waals surface area contributed by atoms with E-state index < -0.39 is 11.6 Å². The Bertz CT molecular complexity index is 610. The van der Waals surface area contributed by atoms with Gasteiger partial charge in [-0.15, -0.1) is 0 Å². The molecule has 2 nitrogen and oxygen atoms in total. The molecule has 0 spiro atoms. The Balaban J connectivity index is 1.89. The maximum atomic E-state index is 13.4. The van der Waals surface area contributed by atoms with Crippen molar-refractivity contribution in [3.05, 3.63) is 57.5 Å². The Labute approximate surface area is 128 Å². The Morgan fingerprint density at radius 1 is 1.20 bits per heavy atom. The third-order valence-electron chi connectivity index (χ3n) is 2.51. The predicted octanol–water partition coefficient (Wildman–Crippen LogP) is 4.87. The second-order valence-electron chi connectivity index (χ2n) is 3.95. The summed E-state index contributed by atoms with van der Waals surface area (Å²) in [5, 5.41) is 3.64. The zero-order valence-electron chi connectivity index (χ0n) is 10.3. The molecule has 0 saturated heterocycles. The van der Waals surface area contributed by atoms with Crippen LogP contribution in [0.25, 0.3) is 0 Å². The molecule has 0 bridgehead atoms. The normalized spacial score (nSPS) is 10.4. The third-order valence-corrected chi connectivity index (χ3v) is 3.30. The summed E-state index contributed by atoms with van der Waals surface area (Å²) >= 11 is 9.05. The average Bonchev–Trinajstić information content (AvgIpc) is 2.41. The molecule has 1 N–H and O–H groups in total. The number of nitrogens with one attached hydrogen (secondary N) is 1. The Kier molecular flexibility index (Phi) is 5.20. The minimum atomic E-state index is -0.994. The largest absolute Gasteiger partial charge is 0.489 e. The molecule has 0 aromatic heterocycles. The number of hydrogen-bond donors (Lipinski definition) is 1. The van der Waals surface area contributed by atoms with Gasteiger partial charge >= 0.3 is 0 Å². The van der Waals surface area contributed by atoms with Crippen LogP contribution in [-0.2, 0) is 0 Å². The van der Waals surface area contributed by atoms with Crippen LogP contribution < -0.4 is 10.1 Å². The smallest absolute Gasteiger partial charge is 0.200 e. The molecule has 20 heavy (non-hydrogen) atoms. The summed E-state index contributed by atoms with van der Waals surface area (Å²) in [5.74, 6) is -2.07. The molecule has 2 aromatic rings. The van der Waals surface area contributed by atoms with Crippen molar-refractivity contribution >= 4 is 33.2 Å². The molecular formula is C14H11BrClF2NO. The Hall–Kier alpha value is -1.33. The van der Waals surface area contributed by atoms with Gasteiger partial charge in [0.25, 0.3) is 0 Å². The molecular weight excluding hydrogens is 352 g/mol. The fraction of sp³-hybridized carbons (Fsp3) is 0.143. The molecule has 0 heterocycles. The first kappa shape index (κ1) is 15.1. The summed E-state index contributed by atoms with van der Waals surface area (Å²) in [6.45, 7) is 0.593. The molecule has 0 fully saturated rings. The topological polar surface area (TPSA) is 21.3 Å². The molecule has 0 aliphatic heterocycles. The van der Waals surface area contributed by atoms with Gasteiger partial charge in [-0.05, 0) is 24.3 Å². The van der Waals surface area contributed by atoms with Crippen molar-refractivity contribution in [2.45, 2.75) is 0 Å². The highest BCUT2D eigenvalue weighted by atomic mass is 79.9. The van der Waals surface area contributed by atoms with Crippen LogP contribution in [-0.4, -0.2) is 13.2 Å². The molecule has 0 unspecified atom stereocenters. The number of para-hydroxylation sites is 1. The number of benzene rings is 2. The molecule has 0 aliphatic rings. The first-order valence-electron chi connectivity index (χ1n) is 5.83. The van der Waals surface area contributed by atoms with Crippen LogP contribution >= 0.6 is 27.5 Å². The molecule has 0 saturated carbocycles. The van der Waals surface area contributed by atoms with E-state index in [0.29, 0.717) is 16.0 Å². The molecule has 0 atom stereocenters. The predicted molar refractivity (Wildman–Crippen MR) is 79.5 cm³/mol. The van der Waals surface area contributed by atoms with Gasteiger partial charge in [-0.2, -0.15) is 4.39 Å². The van der Waals surface area contributed by atoms with Crippen molar-refractivity contribution in [2.24, 2.45) is 0 Å². The number of anilines is 1. The van der Waals surface area contributed by atoms with Gasteiger partial charge in [0.2, 0.25) is 5.82 Å². The highest BCUT2D eigenvalue weighted by Crippen LogP contribution is 2.25. The van der Waals surface area contributed by atoms with Crippen molar-refractivity contribution in [1.82, 2.24) is 0 Å². The first-order valence-corrected chi connectivity index (χ1v) is 7.01. The van der Waals surface area contributed by atoms with Gasteiger partial charge in [0, 0.05) is 11.0 Å². The van der Waals surface area contributed by atoms with Crippen molar-refractivity contribution in [1.29, 1.82) is 0 Å². The van der Waals surface area contributed by atoms with E-state index in [-0.39, 0.29) is 12.4 Å². The van der Waals surface area contributed by atoms with E-state index in [2.05, 4.69) is 21.2 Å². The lowest BCUT2D eigenvalue weighted by molar-refractivity contribution is 0.308. The number of halogens is 4. The summed E-state index contributed by atoms with van der Waals surface area (Å²) in [5.41, 5.74) is 0.763. The maximum absolute atomic E-state index is 13.4. The zero-order chi connectivity index (χ0) is 14.5. The van der Waals surface area contributed by atoms with E-state index >= 15 is 0 Å². The number of rotatable bonds is 5. The fourth-order valence-electron chi connectivity index (χ4n) is 1.59. The SMILES string of the molecule is Fc1cc(Br)cc(OCCNc2ccccc2Cl)c1F. The van der Waals surface area contributed by atoms with Crippen molar-refractivity contribution < 1.29 is 13.5 Å². The van der Waals surface area contributed by atoms with E-state index in [1.807, 2.05) is 18.2 Å². The van der Waals surface area contributed by atoms with Crippen LogP contribution in [0.15, 0.2) is 40.9 Å². The molecule has 106 valence electrons. The van der Waals surface area contributed by atoms with Gasteiger partial charge < -0.3 is 10.1 Å². The van der Waals surface area contributed by atoms with E-state index in [9.17, 15) is 8.78 Å². The Morgan fingerprint density at radius 2 is 1.95 bits per heavy atom. The summed E-state index contributed by atoms with van der Waals surface area (Å²) in [6.07, 6.45) is 0. The monoisotopic (exact) mass is 361 g/mol. The highest BCUT2D eigenvalue weighted by Gasteiger charge is 2.11. The van der Waals surface area contributed by atoms with Gasteiger partial charge in [-0.3, -0.25) is 0 Å². The lowest BCUT2D eigenvalue weighted by atomic mass is 10.3. The lowest BCUT2D eigenvalue weighted by Gasteiger charge is -2.10. The molecule has 0 amide bonds. The van der Waals surface area contributed by atoms with Crippen LogP contribution in [0, 0.1) is 11.6 Å². The van der Waals surface area contributed by atoms with Crippen molar-refractivity contribution in [3.63, 3.8) is 0 Å². The molecule has 2 rings (SSSR count). The third kappa shape index (κ3) is 3.84. The van der Waals surface area contributed by atoms with Crippen molar-refractivity contribution in [2.75, 3.05) is 18.5 Å². The van der Waals surface area contributed by atoms with Gasteiger partial charge in [-0.1, -0.05) is 39.7 Å². The van der Waals surface area contributed by atoms with Gasteiger partial charge in [0.05, 0.1) is 10.7 Å². The second kappa shape index (κ2) is 6.90. The van der Waals surface area contributed by atoms with Crippen molar-refractivity contribution in [3.8, 4) is 5.75 Å². The Morgan fingerprint density at radius 3 is 2.70 bits per heavy atom. The minimum Gasteiger partial charge on any atom is -0.489 e. The van der Waals surface area contributed by atoms with E-state index in [1.165, 1.54) is 6.07 Å². The average molecular weight is 363 g/mol. The van der Waals surface area contributed by atoms with E-state index in [0.717, 1.165) is 11.8 Å². The van der Waals surface area contributed by atoms with Crippen LogP contribution in [0.3, 0.4) is 0 Å². The summed E-state index contributed by atoms with van der Waals surface area (Å²) in [4.78, 5) is 0. The fourth-order valence-corrected chi connectivity index (χ4v) is 2.20. The summed E-state index contributed by atoms with van der Waals surface area (Å²) in [7, 11) is 0. The summed E-state index contributed by atoms with van der Waals surface area (Å²) < 4.78 is 32.2. The van der Waals surface area contributed by atoms with Gasteiger partial charge in [-0.25, -0.2) is 4.39 Å². The second-order valence-corrected chi connectivity index (χ2v) is 5.28. The van der Waals surface area contributed by atoms with Crippen LogP contribution in [0.4, 0.5) is 14.5 Å². The summed E-state index contributed by atoms with van der Waals surface area (Å²) in [6, 6.07) is 9.68. The molecule has 2 aromatic carbocycles. The maximum Gasteiger partial charge on any atom is 0.200 e. The van der Waals surface area contributed by atoms with E-state index in [4.69, 9.17) is 16.3 Å². The van der Waals surface area contributed by atoms with Gasteiger partial charge in [0.1, 0.15) is 6.61 Å². The minimum absolute atomic E-state index is 0.127. The van der Waals surface area contributed by atoms with Gasteiger partial charge in [0.15, 0.2) is 11.6 Å². The standard InChI is InChI=1S/C14H11BrClF2NO/c15-9-7-11(17)14(18)13(8-9)20-6-5-19-12-4-2-1-3-10(12)16/h1-4,7-8,19H,5-6H2. The molecule has 6 heteroatoms. The van der Waals surface area contributed by atoms with E-state index in [1.54, 1.807) is 6.07 Å². The van der Waals surface area contributed by atoms with Crippen LogP contribution in [0.5, 0.6) is 5.75 Å². The lowest BCUT2D eigenvalue weighted by Crippen LogP contribution is -2.12. The molecule has 0 aliphatic carbocycles. The molecule has 0 radical (unpaired) electrons. The quantitative estimate of drug-likeness (QED) is 0.605. The highest BCUT2D eigenvalue weighted by molar-refractivity contribution is 9.10. The van der Waals surface area contributed by atoms with Crippen LogP contribution in [0.2, 0.25) is 5.02 Å². The van der Waals surface area contributed by atoms with Crippen LogP contribution in [0.1, 0.15) is 0 Å². The first-order chi connectivity index (χ1) is 9.58. The zero-order valence-corrected chi connectivity index (χ0v) is 12.6. The number of ether oxygens (including phenoxy) is 1. The number of hydrogen-bond acceptors (Lipinski definition) is 2.